The highest BCUT2D eigenvalue weighted by Gasteiger charge is 2.06. The van der Waals surface area contributed by atoms with Gasteiger partial charge in [-0.05, 0) is 0 Å². The van der Waals surface area contributed by atoms with Gasteiger partial charge in [-0.1, -0.05) is 0 Å². The topological polar surface area (TPSA) is 144 Å². The predicted molar refractivity (Wildman–Crippen MR) is 67.1 cm³/mol. The van der Waals surface area contributed by atoms with Crippen molar-refractivity contribution in [1.82, 2.24) is 0 Å². The summed E-state index contributed by atoms with van der Waals surface area (Å²) >= 11 is 10.1. The van der Waals surface area contributed by atoms with Gasteiger partial charge in [0.05, 0.1) is 0 Å². The van der Waals surface area contributed by atoms with Crippen molar-refractivity contribution in [3.63, 3.8) is 0 Å². The first kappa shape index (κ1) is 20.9. The predicted octanol–water partition coefficient (Wildman–Crippen LogP) is -1.68. The van der Waals surface area contributed by atoms with Crippen LogP contribution in [-0.4, -0.2) is 49.9 Å². The van der Waals surface area contributed by atoms with Crippen LogP contribution in [0.2, 0.25) is 0 Å². The van der Waals surface area contributed by atoms with Gasteiger partial charge < -0.3 is 21.7 Å². The Bertz CT molecular complexity index is 187. The van der Waals surface area contributed by atoms with Gasteiger partial charge in [0.1, 0.15) is 12.1 Å². The normalized spacial score (nSPS) is 12.0. The summed E-state index contributed by atoms with van der Waals surface area (Å²) in [6, 6.07) is -1.63. The minimum atomic E-state index is -1.00. The van der Waals surface area contributed by atoms with Crippen molar-refractivity contribution in [2.24, 2.45) is 11.5 Å². The van der Waals surface area contributed by atoms with Crippen molar-refractivity contribution in [2.45, 2.75) is 12.1 Å². The summed E-state index contributed by atoms with van der Waals surface area (Å²) in [5.41, 5.74) is 9.88. The molecule has 0 rings (SSSR count). The van der Waals surface area contributed by atoms with E-state index in [-0.39, 0.29) is 11.5 Å². The van der Waals surface area contributed by atoms with Gasteiger partial charge >= 0.3 is 11.9 Å². The summed E-state index contributed by atoms with van der Waals surface area (Å²) in [6.07, 6.45) is 0. The summed E-state index contributed by atoms with van der Waals surface area (Å²) in [5.74, 6) is -1.63. The van der Waals surface area contributed by atoms with E-state index in [1.165, 1.54) is 0 Å². The first-order chi connectivity index (χ1) is 7.36. The van der Waals surface area contributed by atoms with E-state index in [4.69, 9.17) is 25.9 Å². The molecule has 96 valence electrons. The molecule has 0 unspecified atom stereocenters. The van der Waals surface area contributed by atoms with Gasteiger partial charge in [-0.3, -0.25) is 9.59 Å². The summed E-state index contributed by atoms with van der Waals surface area (Å²) in [4.78, 5) is 19.5. The minimum absolute atomic E-state index is 0.190. The third kappa shape index (κ3) is 16.0. The standard InChI is InChI=1S/2C3H7NO2S.OS/c2*4-2(1-7)3(5)6;1-2/h2*2,7H,1,4H2,(H,5,6);/t2*2-;/m11./s1. The van der Waals surface area contributed by atoms with Gasteiger partial charge in [0, 0.05) is 11.5 Å². The van der Waals surface area contributed by atoms with E-state index in [1.807, 2.05) is 0 Å². The average molecular weight is 290 g/mol. The van der Waals surface area contributed by atoms with E-state index in [0.717, 1.165) is 0 Å². The van der Waals surface area contributed by atoms with Crippen LogP contribution in [0, 0.1) is 0 Å². The fraction of sp³-hybridized carbons (Fsp3) is 0.667. The molecular weight excluding hydrogens is 276 g/mol. The Morgan fingerprint density at radius 2 is 1.19 bits per heavy atom. The van der Waals surface area contributed by atoms with E-state index in [9.17, 15) is 9.59 Å². The van der Waals surface area contributed by atoms with Crippen LogP contribution >= 0.6 is 25.3 Å². The van der Waals surface area contributed by atoms with E-state index < -0.39 is 24.0 Å². The second-order valence-electron chi connectivity index (χ2n) is 2.25. The second-order valence-corrected chi connectivity index (χ2v) is 2.98. The number of aliphatic carboxylic acids is 2. The highest BCUT2D eigenvalue weighted by Crippen LogP contribution is 1.80. The molecule has 10 heteroatoms. The molecule has 0 heterocycles. The largest absolute Gasteiger partial charge is 0.480 e. The van der Waals surface area contributed by atoms with Gasteiger partial charge in [0.25, 0.3) is 0 Å². The summed E-state index contributed by atoms with van der Waals surface area (Å²) in [6.45, 7) is 0. The van der Waals surface area contributed by atoms with Crippen LogP contribution < -0.4 is 11.5 Å². The Morgan fingerprint density at radius 3 is 1.19 bits per heavy atom. The molecule has 0 aromatic carbocycles. The smallest absolute Gasteiger partial charge is 0.321 e. The van der Waals surface area contributed by atoms with Gasteiger partial charge in [0.15, 0.2) is 12.5 Å². The molecule has 0 aromatic heterocycles. The number of nitrogens with two attached hydrogens (primary N) is 2. The van der Waals surface area contributed by atoms with E-state index in [0.29, 0.717) is 0 Å². The number of hydrogen-bond donors (Lipinski definition) is 6. The van der Waals surface area contributed by atoms with E-state index >= 15 is 0 Å². The highest BCUT2D eigenvalue weighted by molar-refractivity contribution is 7.80. The Morgan fingerprint density at radius 1 is 1.00 bits per heavy atom. The minimum Gasteiger partial charge on any atom is -0.480 e. The zero-order valence-electron chi connectivity index (χ0n) is 8.15. The molecule has 0 radical (unpaired) electrons. The zero-order valence-corrected chi connectivity index (χ0v) is 10.8. The van der Waals surface area contributed by atoms with Crippen molar-refractivity contribution < 1.29 is 24.0 Å². The van der Waals surface area contributed by atoms with Crippen LogP contribution in [0.25, 0.3) is 0 Å². The lowest BCUT2D eigenvalue weighted by molar-refractivity contribution is -0.138. The van der Waals surface area contributed by atoms with Gasteiger partial charge in [0.2, 0.25) is 0 Å². The number of hydrogen-bond acceptors (Lipinski definition) is 8. The lowest BCUT2D eigenvalue weighted by Gasteiger charge is -1.96. The molecule has 0 saturated carbocycles. The molecular formula is C6H14N2O5S3. The quantitative estimate of drug-likeness (QED) is 0.337. The molecule has 7 nitrogen and oxygen atoms in total. The maximum absolute atomic E-state index is 9.76. The molecule has 0 amide bonds. The lowest BCUT2D eigenvalue weighted by atomic mass is 10.4. The molecule has 2 atom stereocenters. The Hall–Kier alpha value is -0.420. The number of carbonyl (C=O) groups is 2. The molecule has 0 bridgehead atoms. The molecule has 16 heavy (non-hydrogen) atoms. The monoisotopic (exact) mass is 290 g/mol. The van der Waals surface area contributed by atoms with Crippen molar-refractivity contribution >= 4 is 49.7 Å². The second kappa shape index (κ2) is 14.6. The van der Waals surface area contributed by atoms with Crippen LogP contribution in [-0.2, 0) is 22.1 Å². The summed E-state index contributed by atoms with van der Waals surface area (Å²) in [5, 5.41) is 16.0. The molecule has 0 aliphatic rings. The SMILES string of the molecule is N[C@H](CS)C(=O)O.N[C@H](CS)C(=O)O.O=S. The van der Waals surface area contributed by atoms with Gasteiger partial charge in [-0.15, -0.1) is 0 Å². The third-order valence-electron chi connectivity index (χ3n) is 1.03. The first-order valence-electron chi connectivity index (χ1n) is 3.72. The molecule has 0 saturated heterocycles. The average Bonchev–Trinajstić information content (AvgIpc) is 2.29. The van der Waals surface area contributed by atoms with Crippen LogP contribution in [0.5, 0.6) is 0 Å². The van der Waals surface area contributed by atoms with Crippen LogP contribution in [0.15, 0.2) is 0 Å². The maximum atomic E-state index is 9.76. The van der Waals surface area contributed by atoms with Crippen LogP contribution in [0.3, 0.4) is 0 Å². The Balaban J connectivity index is -0.000000183. The molecule has 6 N–H and O–H groups in total. The van der Waals surface area contributed by atoms with Crippen molar-refractivity contribution in [3.8, 4) is 0 Å². The summed E-state index contributed by atoms with van der Waals surface area (Å²) < 4.78 is 7.83. The number of thiol groups is 2. The van der Waals surface area contributed by atoms with Gasteiger partial charge in [-0.25, -0.2) is 0 Å². The third-order valence-corrected chi connectivity index (χ3v) is 1.81. The fourth-order valence-corrected chi connectivity index (χ4v) is 0.469. The van der Waals surface area contributed by atoms with Crippen molar-refractivity contribution in [3.05, 3.63) is 0 Å². The van der Waals surface area contributed by atoms with E-state index in [1.54, 1.807) is 0 Å². The zero-order chi connectivity index (χ0) is 13.7. The Labute approximate surface area is 109 Å². The first-order valence-corrected chi connectivity index (χ1v) is 5.31. The number of carboxylic acid groups (broad SMARTS) is 2. The molecule has 0 aliphatic heterocycles. The van der Waals surface area contributed by atoms with E-state index in [2.05, 4.69) is 37.8 Å². The number of rotatable bonds is 4. The summed E-state index contributed by atoms with van der Waals surface area (Å²) in [7, 11) is 0. The fourth-order valence-electron chi connectivity index (χ4n) is 0.156. The van der Waals surface area contributed by atoms with Crippen LogP contribution in [0.1, 0.15) is 0 Å². The van der Waals surface area contributed by atoms with Crippen LogP contribution in [0.4, 0.5) is 0 Å². The lowest BCUT2D eigenvalue weighted by Crippen LogP contribution is -2.31. The molecule has 0 spiro atoms. The molecule has 0 aliphatic carbocycles. The maximum Gasteiger partial charge on any atom is 0.321 e. The van der Waals surface area contributed by atoms with Crippen molar-refractivity contribution in [1.29, 1.82) is 0 Å². The molecule has 0 fully saturated rings. The number of carboxylic acids is 2. The van der Waals surface area contributed by atoms with Crippen molar-refractivity contribution in [2.75, 3.05) is 11.5 Å². The van der Waals surface area contributed by atoms with Gasteiger partial charge in [-0.2, -0.15) is 29.5 Å². The highest BCUT2D eigenvalue weighted by atomic mass is 32.1. The molecule has 0 aromatic rings. The Kier molecular flexibility index (Phi) is 19.1.